The molecule has 1 rings (SSSR count). The minimum absolute atomic E-state index is 0.00559. The number of nitrogens with one attached hydrogen (secondary N) is 1. The van der Waals surface area contributed by atoms with Gasteiger partial charge in [-0.25, -0.2) is 8.42 Å². The lowest BCUT2D eigenvalue weighted by Crippen LogP contribution is -2.40. The van der Waals surface area contributed by atoms with E-state index in [-0.39, 0.29) is 17.6 Å². The molecule has 0 spiro atoms. The minimum Gasteiger partial charge on any atom is -0.330 e. The van der Waals surface area contributed by atoms with Crippen molar-refractivity contribution in [3.8, 4) is 0 Å². The second-order valence-corrected chi connectivity index (χ2v) is 7.13. The summed E-state index contributed by atoms with van der Waals surface area (Å²) >= 11 is 0. The van der Waals surface area contributed by atoms with Gasteiger partial charge >= 0.3 is 0 Å². The Labute approximate surface area is 110 Å². The molecule has 6 heteroatoms. The molecule has 1 amide bonds. The Morgan fingerprint density at radius 3 is 2.39 bits per heavy atom. The van der Waals surface area contributed by atoms with Gasteiger partial charge in [0.05, 0.1) is 5.75 Å². The minimum atomic E-state index is -3.46. The molecule has 106 valence electrons. The Hall–Kier alpha value is -0.620. The van der Waals surface area contributed by atoms with Gasteiger partial charge in [-0.1, -0.05) is 26.2 Å². The van der Waals surface area contributed by atoms with Gasteiger partial charge < -0.3 is 5.73 Å². The van der Waals surface area contributed by atoms with Crippen LogP contribution >= 0.6 is 0 Å². The first-order valence-electron chi connectivity index (χ1n) is 6.66. The summed E-state index contributed by atoms with van der Waals surface area (Å²) in [6.07, 6.45) is 5.91. The first-order valence-corrected chi connectivity index (χ1v) is 8.32. The van der Waals surface area contributed by atoms with E-state index in [1.807, 2.05) is 0 Å². The predicted molar refractivity (Wildman–Crippen MR) is 71.4 cm³/mol. The lowest BCUT2D eigenvalue weighted by Gasteiger charge is -2.35. The predicted octanol–water partition coefficient (Wildman–Crippen LogP) is 1.14. The molecule has 0 aromatic rings. The van der Waals surface area contributed by atoms with Gasteiger partial charge in [-0.05, 0) is 31.2 Å². The van der Waals surface area contributed by atoms with E-state index in [9.17, 15) is 13.2 Å². The molecular weight excluding hydrogens is 252 g/mol. The van der Waals surface area contributed by atoms with Gasteiger partial charge in [-0.2, -0.15) is 0 Å². The summed E-state index contributed by atoms with van der Waals surface area (Å²) in [5.41, 5.74) is 5.59. The Morgan fingerprint density at radius 2 is 1.89 bits per heavy atom. The van der Waals surface area contributed by atoms with Crippen LogP contribution in [0.1, 0.15) is 51.9 Å². The molecule has 0 aromatic heterocycles. The fraction of sp³-hybridized carbons (Fsp3) is 0.917. The van der Waals surface area contributed by atoms with Crippen molar-refractivity contribution in [3.63, 3.8) is 0 Å². The van der Waals surface area contributed by atoms with Crippen LogP contribution in [0.2, 0.25) is 0 Å². The van der Waals surface area contributed by atoms with E-state index in [0.717, 1.165) is 25.7 Å². The molecule has 18 heavy (non-hydrogen) atoms. The van der Waals surface area contributed by atoms with Crippen molar-refractivity contribution in [2.24, 2.45) is 11.1 Å². The topological polar surface area (TPSA) is 89.3 Å². The summed E-state index contributed by atoms with van der Waals surface area (Å²) in [6.45, 7) is 2.22. The van der Waals surface area contributed by atoms with Crippen molar-refractivity contribution in [1.82, 2.24) is 4.72 Å². The molecule has 0 aromatic carbocycles. The van der Waals surface area contributed by atoms with E-state index in [0.29, 0.717) is 13.0 Å². The van der Waals surface area contributed by atoms with Crippen molar-refractivity contribution >= 4 is 15.9 Å². The molecule has 0 atom stereocenters. The molecule has 0 unspecified atom stereocenters. The number of carbonyl (C=O) groups is 1. The molecule has 0 heterocycles. The van der Waals surface area contributed by atoms with Crippen LogP contribution in [-0.4, -0.2) is 26.6 Å². The lowest BCUT2D eigenvalue weighted by atomic mass is 9.72. The molecule has 0 radical (unpaired) electrons. The fourth-order valence-corrected chi connectivity index (χ4v) is 3.68. The van der Waals surface area contributed by atoms with Crippen LogP contribution in [0.25, 0.3) is 0 Å². The van der Waals surface area contributed by atoms with Gasteiger partial charge in [-0.15, -0.1) is 0 Å². The molecule has 1 aliphatic carbocycles. The molecular formula is C12H24N2O3S. The Bertz CT molecular complexity index is 373. The van der Waals surface area contributed by atoms with E-state index < -0.39 is 15.9 Å². The Kier molecular flexibility index (Phi) is 5.59. The highest BCUT2D eigenvalue weighted by atomic mass is 32.2. The Morgan fingerprint density at radius 1 is 1.28 bits per heavy atom. The SMILES string of the molecule is CCCS(=O)(=O)NC(=O)CC1(CN)CCCCC1. The van der Waals surface area contributed by atoms with E-state index in [4.69, 9.17) is 5.73 Å². The highest BCUT2D eigenvalue weighted by Crippen LogP contribution is 2.38. The van der Waals surface area contributed by atoms with E-state index in [1.165, 1.54) is 6.42 Å². The van der Waals surface area contributed by atoms with Crippen LogP contribution in [-0.2, 0) is 14.8 Å². The summed E-state index contributed by atoms with van der Waals surface area (Å²) in [4.78, 5) is 11.8. The average Bonchev–Trinajstić information content (AvgIpc) is 2.29. The van der Waals surface area contributed by atoms with Crippen molar-refractivity contribution in [2.75, 3.05) is 12.3 Å². The van der Waals surface area contributed by atoms with E-state index in [1.54, 1.807) is 6.92 Å². The first kappa shape index (κ1) is 15.4. The van der Waals surface area contributed by atoms with Crippen LogP contribution < -0.4 is 10.5 Å². The van der Waals surface area contributed by atoms with Gasteiger partial charge in [-0.3, -0.25) is 9.52 Å². The number of nitrogens with two attached hydrogens (primary N) is 1. The Balaban J connectivity index is 2.57. The van der Waals surface area contributed by atoms with Crippen LogP contribution in [0.4, 0.5) is 0 Å². The average molecular weight is 276 g/mol. The summed E-state index contributed by atoms with van der Waals surface area (Å²) in [5.74, 6) is -0.412. The quantitative estimate of drug-likeness (QED) is 0.761. The van der Waals surface area contributed by atoms with Gasteiger partial charge in [0.2, 0.25) is 15.9 Å². The van der Waals surface area contributed by atoms with Crippen LogP contribution in [0.3, 0.4) is 0 Å². The summed E-state index contributed by atoms with van der Waals surface area (Å²) < 4.78 is 25.2. The molecule has 0 bridgehead atoms. The molecule has 1 aliphatic rings. The van der Waals surface area contributed by atoms with Crippen molar-refractivity contribution < 1.29 is 13.2 Å². The van der Waals surface area contributed by atoms with Crippen molar-refractivity contribution in [1.29, 1.82) is 0 Å². The maximum atomic E-state index is 11.8. The van der Waals surface area contributed by atoms with Crippen molar-refractivity contribution in [2.45, 2.75) is 51.9 Å². The molecule has 3 N–H and O–H groups in total. The van der Waals surface area contributed by atoms with Crippen LogP contribution in [0, 0.1) is 5.41 Å². The first-order chi connectivity index (χ1) is 8.43. The second kappa shape index (κ2) is 6.52. The summed E-state index contributed by atoms with van der Waals surface area (Å²) in [6, 6.07) is 0. The van der Waals surface area contributed by atoms with E-state index >= 15 is 0 Å². The largest absolute Gasteiger partial charge is 0.330 e. The number of amides is 1. The molecule has 5 nitrogen and oxygen atoms in total. The number of hydrogen-bond acceptors (Lipinski definition) is 4. The molecule has 1 saturated carbocycles. The zero-order valence-electron chi connectivity index (χ0n) is 11.1. The highest BCUT2D eigenvalue weighted by Gasteiger charge is 2.33. The third-order valence-electron chi connectivity index (χ3n) is 3.62. The van der Waals surface area contributed by atoms with Crippen LogP contribution in [0.5, 0.6) is 0 Å². The van der Waals surface area contributed by atoms with Gasteiger partial charge in [0.15, 0.2) is 0 Å². The summed E-state index contributed by atoms with van der Waals surface area (Å²) in [7, 11) is -3.46. The van der Waals surface area contributed by atoms with Gasteiger partial charge in [0.25, 0.3) is 0 Å². The van der Waals surface area contributed by atoms with Gasteiger partial charge in [0.1, 0.15) is 0 Å². The normalized spacial score (nSPS) is 19.4. The van der Waals surface area contributed by atoms with Crippen molar-refractivity contribution in [3.05, 3.63) is 0 Å². The number of sulfonamides is 1. The molecule has 0 aliphatic heterocycles. The number of rotatable bonds is 6. The summed E-state index contributed by atoms with van der Waals surface area (Å²) in [5, 5.41) is 0. The second-order valence-electron chi connectivity index (χ2n) is 5.29. The maximum Gasteiger partial charge on any atom is 0.234 e. The van der Waals surface area contributed by atoms with Crippen LogP contribution in [0.15, 0.2) is 0 Å². The zero-order valence-corrected chi connectivity index (χ0v) is 11.9. The fourth-order valence-electron chi connectivity index (χ4n) is 2.62. The highest BCUT2D eigenvalue weighted by molar-refractivity contribution is 7.90. The monoisotopic (exact) mass is 276 g/mol. The van der Waals surface area contributed by atoms with Gasteiger partial charge in [0, 0.05) is 6.42 Å². The third kappa shape index (κ3) is 4.57. The third-order valence-corrected chi connectivity index (χ3v) is 5.11. The van der Waals surface area contributed by atoms with E-state index in [2.05, 4.69) is 4.72 Å². The zero-order chi connectivity index (χ0) is 13.6. The maximum absolute atomic E-state index is 11.8. The lowest BCUT2D eigenvalue weighted by molar-refractivity contribution is -0.122. The standard InChI is InChI=1S/C12H24N2O3S/c1-2-8-18(16,17)14-11(15)9-12(10-13)6-4-3-5-7-12/h2-10,13H2,1H3,(H,14,15). The molecule has 1 fully saturated rings. The smallest absolute Gasteiger partial charge is 0.234 e. The molecule has 0 saturated heterocycles. The number of hydrogen-bond donors (Lipinski definition) is 2. The number of carbonyl (C=O) groups excluding carboxylic acids is 1.